The van der Waals surface area contributed by atoms with Crippen LogP contribution >= 0.6 is 11.6 Å². The van der Waals surface area contributed by atoms with E-state index in [2.05, 4.69) is 23.9 Å². The fraction of sp³-hybridized carbons (Fsp3) is 0.412. The standard InChI is InChI=1S/C17H20ClN3O/c1-16(2)8-7-14(9-13-5-3-4-6-15(13)18)17(16,22)10-21-12-19-11-20-21/h3-6,9,11-12,22H,7-8,10H2,1-2H3. The van der Waals surface area contributed by atoms with Crippen molar-refractivity contribution in [1.82, 2.24) is 14.8 Å². The Morgan fingerprint density at radius 2 is 2.14 bits per heavy atom. The first kappa shape index (κ1) is 15.3. The number of aliphatic hydroxyl groups is 1. The lowest BCUT2D eigenvalue weighted by atomic mass is 9.76. The largest absolute Gasteiger partial charge is 0.383 e. The highest BCUT2D eigenvalue weighted by Crippen LogP contribution is 2.50. The first-order valence-corrected chi connectivity index (χ1v) is 7.80. The molecule has 22 heavy (non-hydrogen) atoms. The van der Waals surface area contributed by atoms with Crippen LogP contribution in [0.15, 0.2) is 42.5 Å². The van der Waals surface area contributed by atoms with Crippen molar-refractivity contribution < 1.29 is 5.11 Å². The van der Waals surface area contributed by atoms with Crippen molar-refractivity contribution in [2.24, 2.45) is 5.41 Å². The maximum absolute atomic E-state index is 11.4. The van der Waals surface area contributed by atoms with E-state index in [0.717, 1.165) is 24.0 Å². The second kappa shape index (κ2) is 5.52. The van der Waals surface area contributed by atoms with Gasteiger partial charge < -0.3 is 5.11 Å². The molecule has 1 unspecified atom stereocenters. The quantitative estimate of drug-likeness (QED) is 0.941. The van der Waals surface area contributed by atoms with Gasteiger partial charge >= 0.3 is 0 Å². The number of aromatic nitrogens is 3. The van der Waals surface area contributed by atoms with E-state index in [1.54, 1.807) is 11.0 Å². The van der Waals surface area contributed by atoms with Gasteiger partial charge in [0.1, 0.15) is 18.3 Å². The fourth-order valence-corrected chi connectivity index (χ4v) is 3.32. The number of halogens is 1. The molecule has 1 aliphatic rings. The summed E-state index contributed by atoms with van der Waals surface area (Å²) < 4.78 is 1.69. The summed E-state index contributed by atoms with van der Waals surface area (Å²) in [4.78, 5) is 3.97. The lowest BCUT2D eigenvalue weighted by Gasteiger charge is -2.37. The molecule has 0 bridgehead atoms. The minimum Gasteiger partial charge on any atom is -0.383 e. The third-order valence-electron chi connectivity index (χ3n) is 4.76. The van der Waals surface area contributed by atoms with Crippen molar-refractivity contribution in [3.8, 4) is 0 Å². The molecule has 1 heterocycles. The molecule has 1 aromatic carbocycles. The summed E-state index contributed by atoms with van der Waals surface area (Å²) in [7, 11) is 0. The molecule has 2 aromatic rings. The third-order valence-corrected chi connectivity index (χ3v) is 5.11. The van der Waals surface area contributed by atoms with Crippen LogP contribution in [0.1, 0.15) is 32.3 Å². The number of rotatable bonds is 3. The van der Waals surface area contributed by atoms with Gasteiger partial charge in [0, 0.05) is 5.02 Å². The van der Waals surface area contributed by atoms with Crippen LogP contribution in [0.3, 0.4) is 0 Å². The van der Waals surface area contributed by atoms with Crippen molar-refractivity contribution in [2.75, 3.05) is 0 Å². The van der Waals surface area contributed by atoms with E-state index < -0.39 is 5.60 Å². The van der Waals surface area contributed by atoms with Gasteiger partial charge in [0.05, 0.1) is 6.54 Å². The van der Waals surface area contributed by atoms with Crippen molar-refractivity contribution in [1.29, 1.82) is 0 Å². The van der Waals surface area contributed by atoms with Gasteiger partial charge in [-0.15, -0.1) is 0 Å². The summed E-state index contributed by atoms with van der Waals surface area (Å²) in [6.07, 6.45) is 6.92. The lowest BCUT2D eigenvalue weighted by Crippen LogP contribution is -2.45. The van der Waals surface area contributed by atoms with Gasteiger partial charge in [0.15, 0.2) is 0 Å². The second-order valence-electron chi connectivity index (χ2n) is 6.53. The zero-order valence-corrected chi connectivity index (χ0v) is 13.6. The zero-order valence-electron chi connectivity index (χ0n) is 12.8. The minimum atomic E-state index is -0.958. The molecule has 116 valence electrons. The monoisotopic (exact) mass is 317 g/mol. The first-order valence-electron chi connectivity index (χ1n) is 7.43. The zero-order chi connectivity index (χ0) is 15.8. The average molecular weight is 318 g/mol. The fourth-order valence-electron chi connectivity index (χ4n) is 3.13. The predicted octanol–water partition coefficient (Wildman–Crippen LogP) is 3.57. The van der Waals surface area contributed by atoms with Gasteiger partial charge in [-0.3, -0.25) is 0 Å². The highest BCUT2D eigenvalue weighted by atomic mass is 35.5. The molecule has 4 nitrogen and oxygen atoms in total. The van der Waals surface area contributed by atoms with Gasteiger partial charge in [-0.25, -0.2) is 9.67 Å². The van der Waals surface area contributed by atoms with Crippen molar-refractivity contribution in [3.63, 3.8) is 0 Å². The SMILES string of the molecule is CC1(C)CCC(=Cc2ccccc2Cl)C1(O)Cn1cncn1. The molecule has 0 spiro atoms. The van der Waals surface area contributed by atoms with Gasteiger partial charge in [0.25, 0.3) is 0 Å². The Morgan fingerprint density at radius 3 is 2.82 bits per heavy atom. The Balaban J connectivity index is 2.01. The third kappa shape index (κ3) is 2.57. The van der Waals surface area contributed by atoms with Crippen LogP contribution in [0, 0.1) is 5.41 Å². The van der Waals surface area contributed by atoms with Crippen LogP contribution < -0.4 is 0 Å². The summed E-state index contributed by atoms with van der Waals surface area (Å²) in [6, 6.07) is 7.69. The Kier molecular flexibility index (Phi) is 3.83. The van der Waals surface area contributed by atoms with Gasteiger partial charge in [-0.1, -0.05) is 49.7 Å². The van der Waals surface area contributed by atoms with Crippen LogP contribution in [0.4, 0.5) is 0 Å². The highest BCUT2D eigenvalue weighted by molar-refractivity contribution is 6.32. The molecule has 0 saturated heterocycles. The van der Waals surface area contributed by atoms with Crippen molar-refractivity contribution >= 4 is 17.7 Å². The molecular weight excluding hydrogens is 298 g/mol. The second-order valence-corrected chi connectivity index (χ2v) is 6.94. The van der Waals surface area contributed by atoms with Crippen LogP contribution in [0.5, 0.6) is 0 Å². The maximum Gasteiger partial charge on any atom is 0.137 e. The predicted molar refractivity (Wildman–Crippen MR) is 87.4 cm³/mol. The summed E-state index contributed by atoms with van der Waals surface area (Å²) in [5.74, 6) is 0. The Labute approximate surface area is 135 Å². The van der Waals surface area contributed by atoms with Crippen LogP contribution in [0.25, 0.3) is 6.08 Å². The van der Waals surface area contributed by atoms with E-state index in [0.29, 0.717) is 11.6 Å². The molecule has 0 radical (unpaired) electrons. The Morgan fingerprint density at radius 1 is 1.36 bits per heavy atom. The lowest BCUT2D eigenvalue weighted by molar-refractivity contribution is -0.0298. The Hall–Kier alpha value is -1.65. The molecule has 0 amide bonds. The van der Waals surface area contributed by atoms with Gasteiger partial charge in [0.2, 0.25) is 0 Å². The molecule has 1 fully saturated rings. The van der Waals surface area contributed by atoms with E-state index in [1.807, 2.05) is 30.3 Å². The van der Waals surface area contributed by atoms with Gasteiger partial charge in [-0.05, 0) is 35.5 Å². The van der Waals surface area contributed by atoms with Crippen LogP contribution in [-0.2, 0) is 6.54 Å². The molecule has 1 aromatic heterocycles. The first-order chi connectivity index (χ1) is 10.4. The molecule has 3 rings (SSSR count). The van der Waals surface area contributed by atoms with Gasteiger partial charge in [-0.2, -0.15) is 5.10 Å². The van der Waals surface area contributed by atoms with Crippen LogP contribution in [0.2, 0.25) is 5.02 Å². The smallest absolute Gasteiger partial charge is 0.137 e. The molecule has 0 aliphatic heterocycles. The molecule has 1 aliphatic carbocycles. The number of hydrogen-bond acceptors (Lipinski definition) is 3. The average Bonchev–Trinajstić information content (AvgIpc) is 3.04. The molecule has 1 N–H and O–H groups in total. The molecule has 1 atom stereocenters. The van der Waals surface area contributed by atoms with E-state index in [9.17, 15) is 5.11 Å². The Bertz CT molecular complexity index is 694. The van der Waals surface area contributed by atoms with Crippen molar-refractivity contribution in [3.05, 3.63) is 53.1 Å². The van der Waals surface area contributed by atoms with E-state index >= 15 is 0 Å². The van der Waals surface area contributed by atoms with E-state index in [1.165, 1.54) is 6.33 Å². The molecule has 5 heteroatoms. The van der Waals surface area contributed by atoms with Crippen LogP contribution in [-0.4, -0.2) is 25.5 Å². The molecular formula is C17H20ClN3O. The summed E-state index contributed by atoms with van der Waals surface area (Å²) in [6.45, 7) is 4.59. The maximum atomic E-state index is 11.4. The summed E-state index contributed by atoms with van der Waals surface area (Å²) in [5, 5.41) is 16.2. The normalized spacial score (nSPS) is 25.7. The van der Waals surface area contributed by atoms with Crippen molar-refractivity contribution in [2.45, 2.75) is 38.8 Å². The van der Waals surface area contributed by atoms with E-state index in [-0.39, 0.29) is 5.41 Å². The summed E-state index contributed by atoms with van der Waals surface area (Å²) in [5.41, 5.74) is 0.751. The number of nitrogens with zero attached hydrogens (tertiary/aromatic N) is 3. The number of hydrogen-bond donors (Lipinski definition) is 1. The number of benzene rings is 1. The molecule has 1 saturated carbocycles. The summed E-state index contributed by atoms with van der Waals surface area (Å²) >= 11 is 6.26. The topological polar surface area (TPSA) is 50.9 Å². The highest BCUT2D eigenvalue weighted by Gasteiger charge is 2.51. The van der Waals surface area contributed by atoms with E-state index in [4.69, 9.17) is 11.6 Å². The minimum absolute atomic E-state index is 0.230.